The van der Waals surface area contributed by atoms with E-state index in [1.165, 1.54) is 0 Å². The van der Waals surface area contributed by atoms with Gasteiger partial charge in [0.2, 0.25) is 0 Å². The van der Waals surface area contributed by atoms with E-state index >= 15 is 0 Å². The van der Waals surface area contributed by atoms with Crippen molar-refractivity contribution in [2.75, 3.05) is 12.4 Å². The lowest BCUT2D eigenvalue weighted by Crippen LogP contribution is -2.29. The standard InChI is InChI=1S/C22H31F2NO2S/c1-4-7-8-15(5-2)13-27-22(14-28)17(12-25)9-16-10-19(23)20(24)11-18(16)21(26)6-3/h10-11,15,17,22,28H,4-9,13-14H2,1-3H3. The second kappa shape index (κ2) is 12.9. The minimum atomic E-state index is -1.06. The Bertz CT molecular complexity index is 675. The minimum Gasteiger partial charge on any atom is -0.376 e. The topological polar surface area (TPSA) is 50.1 Å². The molecule has 3 unspecified atom stereocenters. The van der Waals surface area contributed by atoms with Crippen LogP contribution < -0.4 is 0 Å². The molecule has 0 bridgehead atoms. The van der Waals surface area contributed by atoms with Gasteiger partial charge in [0.15, 0.2) is 17.4 Å². The van der Waals surface area contributed by atoms with Crippen molar-refractivity contribution in [3.8, 4) is 6.07 Å². The van der Waals surface area contributed by atoms with Gasteiger partial charge in [-0.2, -0.15) is 17.9 Å². The summed E-state index contributed by atoms with van der Waals surface area (Å²) in [5.74, 6) is -2.20. The molecule has 3 nitrogen and oxygen atoms in total. The number of unbranched alkanes of at least 4 members (excludes halogenated alkanes) is 1. The number of hydrogen-bond acceptors (Lipinski definition) is 4. The predicted octanol–water partition coefficient (Wildman–Crippen LogP) is 5.77. The molecule has 0 aliphatic heterocycles. The first-order valence-electron chi connectivity index (χ1n) is 10.0. The minimum absolute atomic E-state index is 0.117. The summed E-state index contributed by atoms with van der Waals surface area (Å²) in [5, 5.41) is 9.65. The quantitative estimate of drug-likeness (QED) is 0.331. The molecule has 0 N–H and O–H groups in total. The number of benzene rings is 1. The third-order valence-electron chi connectivity index (χ3n) is 5.09. The number of nitriles is 1. The summed E-state index contributed by atoms with van der Waals surface area (Å²) in [4.78, 5) is 12.1. The molecule has 0 aliphatic carbocycles. The van der Waals surface area contributed by atoms with Crippen molar-refractivity contribution in [3.05, 3.63) is 34.9 Å². The van der Waals surface area contributed by atoms with Crippen LogP contribution in [0.15, 0.2) is 12.1 Å². The number of ketones is 1. The normalized spacial score (nSPS) is 14.3. The van der Waals surface area contributed by atoms with Gasteiger partial charge in [0, 0.05) is 24.3 Å². The highest BCUT2D eigenvalue weighted by atomic mass is 32.1. The van der Waals surface area contributed by atoms with Gasteiger partial charge in [-0.25, -0.2) is 8.78 Å². The van der Waals surface area contributed by atoms with Gasteiger partial charge in [-0.1, -0.05) is 40.0 Å². The van der Waals surface area contributed by atoms with E-state index in [1.54, 1.807) is 6.92 Å². The van der Waals surface area contributed by atoms with E-state index in [1.807, 2.05) is 0 Å². The zero-order valence-corrected chi connectivity index (χ0v) is 17.9. The van der Waals surface area contributed by atoms with E-state index in [9.17, 15) is 18.8 Å². The average Bonchev–Trinajstić information content (AvgIpc) is 2.71. The third kappa shape index (κ3) is 7.18. The summed E-state index contributed by atoms with van der Waals surface area (Å²) in [6.45, 7) is 6.46. The van der Waals surface area contributed by atoms with Crippen LogP contribution in [-0.4, -0.2) is 24.2 Å². The lowest BCUT2D eigenvalue weighted by atomic mass is 9.90. The molecule has 6 heteroatoms. The first-order chi connectivity index (χ1) is 13.4. The zero-order valence-electron chi connectivity index (χ0n) is 17.0. The second-order valence-corrected chi connectivity index (χ2v) is 7.48. The Morgan fingerprint density at radius 3 is 2.46 bits per heavy atom. The van der Waals surface area contributed by atoms with E-state index in [4.69, 9.17) is 4.74 Å². The highest BCUT2D eigenvalue weighted by Gasteiger charge is 2.25. The fourth-order valence-electron chi connectivity index (χ4n) is 3.16. The van der Waals surface area contributed by atoms with Crippen molar-refractivity contribution in [2.24, 2.45) is 11.8 Å². The summed E-state index contributed by atoms with van der Waals surface area (Å²) < 4.78 is 33.4. The van der Waals surface area contributed by atoms with Crippen molar-refractivity contribution in [2.45, 2.75) is 65.4 Å². The first-order valence-corrected chi connectivity index (χ1v) is 10.7. The Labute approximate surface area is 172 Å². The second-order valence-electron chi connectivity index (χ2n) is 7.11. The predicted molar refractivity (Wildman–Crippen MR) is 111 cm³/mol. The Morgan fingerprint density at radius 2 is 1.93 bits per heavy atom. The molecular formula is C22H31F2NO2S. The molecule has 0 saturated heterocycles. The van der Waals surface area contributed by atoms with Gasteiger partial charge in [-0.3, -0.25) is 4.79 Å². The first kappa shape index (κ1) is 24.6. The summed E-state index contributed by atoms with van der Waals surface area (Å²) in [7, 11) is 0. The Balaban J connectivity index is 2.96. The highest BCUT2D eigenvalue weighted by molar-refractivity contribution is 7.80. The van der Waals surface area contributed by atoms with Crippen LogP contribution in [0.4, 0.5) is 8.78 Å². The van der Waals surface area contributed by atoms with E-state index in [-0.39, 0.29) is 24.2 Å². The Kier molecular flexibility index (Phi) is 11.3. The van der Waals surface area contributed by atoms with Gasteiger partial charge in [0.05, 0.1) is 18.1 Å². The molecule has 0 amide bonds. The number of hydrogen-bond donors (Lipinski definition) is 1. The van der Waals surface area contributed by atoms with Gasteiger partial charge < -0.3 is 4.74 Å². The van der Waals surface area contributed by atoms with Crippen LogP contribution in [0, 0.1) is 34.8 Å². The lowest BCUT2D eigenvalue weighted by molar-refractivity contribution is 0.0182. The maximum Gasteiger partial charge on any atom is 0.162 e. The van der Waals surface area contributed by atoms with Crippen LogP contribution in [0.5, 0.6) is 0 Å². The maximum atomic E-state index is 13.8. The molecule has 1 aromatic carbocycles. The van der Waals surface area contributed by atoms with Crippen molar-refractivity contribution >= 4 is 18.4 Å². The van der Waals surface area contributed by atoms with Crippen LogP contribution in [0.1, 0.15) is 68.8 Å². The molecule has 0 radical (unpaired) electrons. The zero-order chi connectivity index (χ0) is 21.1. The number of halogens is 2. The van der Waals surface area contributed by atoms with E-state index < -0.39 is 23.7 Å². The van der Waals surface area contributed by atoms with Gasteiger partial charge in [0.25, 0.3) is 0 Å². The molecule has 0 aliphatic rings. The number of ether oxygens (including phenoxy) is 1. The van der Waals surface area contributed by atoms with Crippen LogP contribution >= 0.6 is 12.6 Å². The third-order valence-corrected chi connectivity index (χ3v) is 5.45. The number of Topliss-reactive ketones (excluding diaryl/α,β-unsaturated/α-hetero) is 1. The molecule has 1 aromatic rings. The van der Waals surface area contributed by atoms with E-state index in [0.29, 0.717) is 23.8 Å². The molecule has 0 spiro atoms. The van der Waals surface area contributed by atoms with Gasteiger partial charge in [0.1, 0.15) is 0 Å². The molecule has 28 heavy (non-hydrogen) atoms. The smallest absolute Gasteiger partial charge is 0.162 e. The number of carbonyl (C=O) groups excluding carboxylic acids is 1. The molecular weight excluding hydrogens is 380 g/mol. The van der Waals surface area contributed by atoms with Gasteiger partial charge in [-0.05, 0) is 36.5 Å². The Morgan fingerprint density at radius 1 is 1.25 bits per heavy atom. The highest BCUT2D eigenvalue weighted by Crippen LogP contribution is 2.24. The molecule has 0 heterocycles. The summed E-state index contributed by atoms with van der Waals surface area (Å²) in [5.41, 5.74) is 0.472. The van der Waals surface area contributed by atoms with Gasteiger partial charge in [-0.15, -0.1) is 0 Å². The lowest BCUT2D eigenvalue weighted by Gasteiger charge is -2.24. The summed E-state index contributed by atoms with van der Waals surface area (Å²) in [6.07, 6.45) is 4.17. The molecule has 0 aromatic heterocycles. The molecule has 0 saturated carbocycles. The fraction of sp³-hybridized carbons (Fsp3) is 0.636. The van der Waals surface area contributed by atoms with E-state index in [0.717, 1.165) is 37.8 Å². The summed E-state index contributed by atoms with van der Waals surface area (Å²) >= 11 is 4.32. The van der Waals surface area contributed by atoms with E-state index in [2.05, 4.69) is 32.5 Å². The number of rotatable bonds is 13. The van der Waals surface area contributed by atoms with Crippen LogP contribution in [0.25, 0.3) is 0 Å². The monoisotopic (exact) mass is 411 g/mol. The summed E-state index contributed by atoms with van der Waals surface area (Å²) in [6, 6.07) is 4.16. The number of carbonyl (C=O) groups is 1. The van der Waals surface area contributed by atoms with Gasteiger partial charge >= 0.3 is 0 Å². The largest absolute Gasteiger partial charge is 0.376 e. The molecule has 1 rings (SSSR count). The van der Waals surface area contributed by atoms with Crippen molar-refractivity contribution in [1.29, 1.82) is 5.26 Å². The number of nitrogens with zero attached hydrogens (tertiary/aromatic N) is 1. The van der Waals surface area contributed by atoms with Crippen molar-refractivity contribution in [3.63, 3.8) is 0 Å². The van der Waals surface area contributed by atoms with Crippen molar-refractivity contribution < 1.29 is 18.3 Å². The van der Waals surface area contributed by atoms with Crippen LogP contribution in [0.2, 0.25) is 0 Å². The Hall–Kier alpha value is -1.45. The average molecular weight is 412 g/mol. The number of thiol groups is 1. The molecule has 156 valence electrons. The van der Waals surface area contributed by atoms with Crippen LogP contribution in [-0.2, 0) is 11.2 Å². The molecule has 0 fully saturated rings. The SMILES string of the molecule is CCCCC(CC)COC(CS)C(C#N)Cc1cc(F)c(F)cc1C(=O)CC. The van der Waals surface area contributed by atoms with Crippen molar-refractivity contribution in [1.82, 2.24) is 0 Å². The maximum absolute atomic E-state index is 13.8. The molecule has 3 atom stereocenters. The fourth-order valence-corrected chi connectivity index (χ4v) is 3.52. The van der Waals surface area contributed by atoms with Crippen LogP contribution in [0.3, 0.4) is 0 Å².